The van der Waals surface area contributed by atoms with Crippen molar-refractivity contribution in [1.82, 2.24) is 4.31 Å². The van der Waals surface area contributed by atoms with Crippen LogP contribution in [0.3, 0.4) is 0 Å². The minimum Gasteiger partial charge on any atom is -0.497 e. The van der Waals surface area contributed by atoms with E-state index in [1.54, 1.807) is 43.5 Å². The molecule has 1 fully saturated rings. The molecule has 0 aliphatic carbocycles. The molecule has 7 nitrogen and oxygen atoms in total. The Hall–Kier alpha value is -2.62. The Labute approximate surface area is 188 Å². The third-order valence-electron chi connectivity index (χ3n) is 5.75. The van der Waals surface area contributed by atoms with Crippen molar-refractivity contribution in [3.8, 4) is 16.9 Å². The van der Waals surface area contributed by atoms with Gasteiger partial charge in [0.15, 0.2) is 9.84 Å². The maximum atomic E-state index is 13.1. The predicted octanol–water partition coefficient (Wildman–Crippen LogP) is 3.72. The highest BCUT2D eigenvalue weighted by atomic mass is 32.2. The molecule has 1 aliphatic heterocycles. The Balaban J connectivity index is 1.42. The van der Waals surface area contributed by atoms with E-state index in [-0.39, 0.29) is 36.6 Å². The molecule has 0 N–H and O–H groups in total. The summed E-state index contributed by atoms with van der Waals surface area (Å²) in [6.07, 6.45) is 1.98. The van der Waals surface area contributed by atoms with Crippen LogP contribution in [0.15, 0.2) is 76.2 Å². The number of hydrogen-bond donors (Lipinski definition) is 0. The van der Waals surface area contributed by atoms with Crippen molar-refractivity contribution in [3.05, 3.63) is 72.7 Å². The zero-order valence-electron chi connectivity index (χ0n) is 17.7. The summed E-state index contributed by atoms with van der Waals surface area (Å²) >= 11 is 0. The van der Waals surface area contributed by atoms with Gasteiger partial charge in [0, 0.05) is 13.1 Å². The standard InChI is InChI=1S/C23H25NO6S2/c1-29-20-8-4-18(5-9-20)19-6-10-23(11-7-19)32(27,28)24-14-12-22(13-15-24)31(25,26)17-21-3-2-16-30-21/h2-11,16,22H,12-15,17H2,1H3. The molecular weight excluding hydrogens is 450 g/mol. The molecule has 0 amide bonds. The summed E-state index contributed by atoms with van der Waals surface area (Å²) in [5.41, 5.74) is 1.85. The van der Waals surface area contributed by atoms with E-state index in [1.165, 1.54) is 10.6 Å². The van der Waals surface area contributed by atoms with Crippen LogP contribution in [0.2, 0.25) is 0 Å². The SMILES string of the molecule is COc1ccc(-c2ccc(S(=O)(=O)N3CCC(S(=O)(=O)Cc4ccco4)CC3)cc2)cc1. The van der Waals surface area contributed by atoms with E-state index < -0.39 is 25.1 Å². The first-order chi connectivity index (χ1) is 15.3. The van der Waals surface area contributed by atoms with Crippen LogP contribution in [0, 0.1) is 0 Å². The average Bonchev–Trinajstić information content (AvgIpc) is 3.31. The lowest BCUT2D eigenvalue weighted by Gasteiger charge is -2.30. The third kappa shape index (κ3) is 4.74. The smallest absolute Gasteiger partial charge is 0.243 e. The van der Waals surface area contributed by atoms with Gasteiger partial charge in [-0.1, -0.05) is 24.3 Å². The highest BCUT2D eigenvalue weighted by molar-refractivity contribution is 7.91. The van der Waals surface area contributed by atoms with Crippen molar-refractivity contribution < 1.29 is 26.0 Å². The Morgan fingerprint density at radius 2 is 1.50 bits per heavy atom. The third-order valence-corrected chi connectivity index (χ3v) is 9.83. The number of ether oxygens (including phenoxy) is 1. The molecule has 0 saturated carbocycles. The summed E-state index contributed by atoms with van der Waals surface area (Å²) < 4.78 is 63.2. The van der Waals surface area contributed by atoms with Crippen LogP contribution >= 0.6 is 0 Å². The molecule has 2 heterocycles. The minimum absolute atomic E-state index is 0.162. The lowest BCUT2D eigenvalue weighted by Crippen LogP contribution is -2.42. The van der Waals surface area contributed by atoms with Crippen molar-refractivity contribution in [3.63, 3.8) is 0 Å². The summed E-state index contributed by atoms with van der Waals surface area (Å²) in [4.78, 5) is 0.201. The topological polar surface area (TPSA) is 93.9 Å². The number of rotatable bonds is 7. The summed E-state index contributed by atoms with van der Waals surface area (Å²) in [5.74, 6) is 0.990. The Morgan fingerprint density at radius 3 is 2.03 bits per heavy atom. The van der Waals surface area contributed by atoms with Gasteiger partial charge < -0.3 is 9.15 Å². The molecule has 0 atom stereocenters. The van der Waals surface area contributed by atoms with Crippen LogP contribution in [0.5, 0.6) is 5.75 Å². The van der Waals surface area contributed by atoms with Gasteiger partial charge >= 0.3 is 0 Å². The van der Waals surface area contributed by atoms with Crippen LogP contribution in [0.1, 0.15) is 18.6 Å². The normalized spacial score (nSPS) is 16.2. The van der Waals surface area contributed by atoms with Gasteiger partial charge in [-0.25, -0.2) is 16.8 Å². The van der Waals surface area contributed by atoms with Gasteiger partial charge in [0.2, 0.25) is 10.0 Å². The molecule has 1 saturated heterocycles. The van der Waals surface area contributed by atoms with E-state index in [9.17, 15) is 16.8 Å². The van der Waals surface area contributed by atoms with Gasteiger partial charge in [-0.3, -0.25) is 0 Å². The predicted molar refractivity (Wildman–Crippen MR) is 122 cm³/mol. The lowest BCUT2D eigenvalue weighted by molar-refractivity contribution is 0.345. The second-order valence-corrected chi connectivity index (χ2v) is 12.0. The quantitative estimate of drug-likeness (QED) is 0.517. The number of sulfone groups is 1. The van der Waals surface area contributed by atoms with Gasteiger partial charge in [-0.2, -0.15) is 4.31 Å². The zero-order chi connectivity index (χ0) is 22.8. The number of piperidine rings is 1. The fourth-order valence-electron chi connectivity index (χ4n) is 3.89. The van der Waals surface area contributed by atoms with Gasteiger partial charge in [-0.05, 0) is 60.4 Å². The van der Waals surface area contributed by atoms with E-state index in [0.717, 1.165) is 16.9 Å². The van der Waals surface area contributed by atoms with Crippen molar-refractivity contribution in [1.29, 1.82) is 0 Å². The molecule has 9 heteroatoms. The molecule has 0 unspecified atom stereocenters. The number of methoxy groups -OCH3 is 1. The highest BCUT2D eigenvalue weighted by Gasteiger charge is 2.35. The van der Waals surface area contributed by atoms with E-state index in [4.69, 9.17) is 9.15 Å². The number of benzene rings is 2. The first-order valence-electron chi connectivity index (χ1n) is 10.3. The van der Waals surface area contributed by atoms with Crippen LogP contribution in [-0.4, -0.2) is 46.6 Å². The minimum atomic E-state index is -3.69. The maximum Gasteiger partial charge on any atom is 0.243 e. The summed E-state index contributed by atoms with van der Waals surface area (Å²) in [5, 5.41) is -0.573. The van der Waals surface area contributed by atoms with E-state index in [0.29, 0.717) is 5.76 Å². The largest absolute Gasteiger partial charge is 0.497 e. The monoisotopic (exact) mass is 475 g/mol. The Bertz CT molecular complexity index is 1240. The molecule has 0 spiro atoms. The Morgan fingerprint density at radius 1 is 0.906 bits per heavy atom. The van der Waals surface area contributed by atoms with Crippen molar-refractivity contribution in [2.24, 2.45) is 0 Å². The lowest BCUT2D eigenvalue weighted by atomic mass is 10.1. The zero-order valence-corrected chi connectivity index (χ0v) is 19.3. The van der Waals surface area contributed by atoms with Crippen LogP contribution in [-0.2, 0) is 25.6 Å². The fourth-order valence-corrected chi connectivity index (χ4v) is 7.09. The molecule has 1 aliphatic rings. The summed E-state index contributed by atoms with van der Waals surface area (Å²) in [7, 11) is -5.49. The van der Waals surface area contributed by atoms with Crippen LogP contribution in [0.4, 0.5) is 0 Å². The van der Waals surface area contributed by atoms with Gasteiger partial charge in [0.05, 0.1) is 23.5 Å². The van der Waals surface area contributed by atoms with Crippen molar-refractivity contribution in [2.45, 2.75) is 28.7 Å². The molecule has 4 rings (SSSR count). The number of sulfonamides is 1. The van der Waals surface area contributed by atoms with Crippen LogP contribution in [0.25, 0.3) is 11.1 Å². The highest BCUT2D eigenvalue weighted by Crippen LogP contribution is 2.28. The van der Waals surface area contributed by atoms with E-state index in [1.807, 2.05) is 24.3 Å². The first-order valence-corrected chi connectivity index (χ1v) is 13.4. The number of hydrogen-bond acceptors (Lipinski definition) is 6. The molecule has 1 aromatic heterocycles. The number of nitrogens with zero attached hydrogens (tertiary/aromatic N) is 1. The fraction of sp³-hybridized carbons (Fsp3) is 0.304. The van der Waals surface area contributed by atoms with E-state index >= 15 is 0 Å². The molecule has 2 aromatic carbocycles. The van der Waals surface area contributed by atoms with E-state index in [2.05, 4.69) is 0 Å². The first kappa shape index (κ1) is 22.6. The summed E-state index contributed by atoms with van der Waals surface area (Å²) in [6, 6.07) is 17.5. The van der Waals surface area contributed by atoms with Gasteiger partial charge in [0.1, 0.15) is 17.3 Å². The second-order valence-electron chi connectivity index (χ2n) is 7.74. The Kier molecular flexibility index (Phi) is 6.41. The molecule has 0 radical (unpaired) electrons. The molecule has 32 heavy (non-hydrogen) atoms. The molecule has 170 valence electrons. The molecule has 0 bridgehead atoms. The summed E-state index contributed by atoms with van der Waals surface area (Å²) in [6.45, 7) is 0.342. The molecule has 3 aromatic rings. The maximum absolute atomic E-state index is 13.1. The van der Waals surface area contributed by atoms with Crippen molar-refractivity contribution >= 4 is 19.9 Å². The van der Waals surface area contributed by atoms with Crippen LogP contribution < -0.4 is 4.74 Å². The van der Waals surface area contributed by atoms with Gasteiger partial charge in [0.25, 0.3) is 0 Å². The second kappa shape index (κ2) is 9.09. The number of furan rings is 1. The average molecular weight is 476 g/mol. The van der Waals surface area contributed by atoms with Gasteiger partial charge in [-0.15, -0.1) is 0 Å². The van der Waals surface area contributed by atoms with Crippen molar-refractivity contribution in [2.75, 3.05) is 20.2 Å². The molecular formula is C23H25NO6S2.